The molecule has 2 aromatic carbocycles. The molecule has 1 aliphatic heterocycles. The van der Waals surface area contributed by atoms with Gasteiger partial charge >= 0.3 is 0 Å². The highest BCUT2D eigenvalue weighted by Gasteiger charge is 2.37. The van der Waals surface area contributed by atoms with E-state index in [0.717, 1.165) is 16.8 Å². The molecular formula is C25H24ClN3O4. The molecule has 0 radical (unpaired) electrons. The van der Waals surface area contributed by atoms with Crippen molar-refractivity contribution < 1.29 is 19.1 Å². The predicted octanol–water partition coefficient (Wildman–Crippen LogP) is 3.99. The van der Waals surface area contributed by atoms with E-state index in [2.05, 4.69) is 10.3 Å². The van der Waals surface area contributed by atoms with Crippen molar-refractivity contribution in [1.29, 1.82) is 0 Å². The van der Waals surface area contributed by atoms with Crippen LogP contribution >= 0.6 is 11.6 Å². The summed E-state index contributed by atoms with van der Waals surface area (Å²) in [6.07, 6.45) is 3.90. The Bertz CT molecular complexity index is 1120. The zero-order valence-electron chi connectivity index (χ0n) is 18.2. The first-order chi connectivity index (χ1) is 16.0. The Morgan fingerprint density at radius 1 is 1.09 bits per heavy atom. The third kappa shape index (κ3) is 5.43. The molecule has 170 valence electrons. The van der Waals surface area contributed by atoms with Gasteiger partial charge in [0.05, 0.1) is 7.11 Å². The zero-order chi connectivity index (χ0) is 23.2. The second-order valence-electron chi connectivity index (χ2n) is 7.65. The molecule has 33 heavy (non-hydrogen) atoms. The number of carbonyl (C=O) groups is 2. The van der Waals surface area contributed by atoms with Crippen molar-refractivity contribution in [2.75, 3.05) is 18.6 Å². The van der Waals surface area contributed by atoms with E-state index in [1.165, 1.54) is 0 Å². The minimum atomic E-state index is -0.703. The topological polar surface area (TPSA) is 80.8 Å². The summed E-state index contributed by atoms with van der Waals surface area (Å²) >= 11 is 5.92. The Kier molecular flexibility index (Phi) is 7.10. The number of amides is 2. The summed E-state index contributed by atoms with van der Waals surface area (Å²) in [5.41, 5.74) is 2.58. The van der Waals surface area contributed by atoms with Gasteiger partial charge in [0.15, 0.2) is 11.5 Å². The molecule has 4 rings (SSSR count). The fraction of sp³-hybridized carbons (Fsp3) is 0.240. The standard InChI is InChI=1S/C25H24ClN3O4/c1-32-23-14-18(2-7-22(23)33-16-17-8-11-27-12-9-17)15-28-24(30)21-10-13-29(25(21)31)20-5-3-19(26)4-6-20/h2-9,11-12,14,21H,10,13,15-16H2,1H3,(H,28,30). The summed E-state index contributed by atoms with van der Waals surface area (Å²) in [6.45, 7) is 1.17. The third-order valence-corrected chi connectivity index (χ3v) is 5.75. The van der Waals surface area contributed by atoms with Crippen LogP contribution in [-0.4, -0.2) is 30.5 Å². The van der Waals surface area contributed by atoms with Gasteiger partial charge in [0, 0.05) is 36.2 Å². The van der Waals surface area contributed by atoms with Gasteiger partial charge in [0.2, 0.25) is 11.8 Å². The number of rotatable bonds is 8. The Morgan fingerprint density at radius 2 is 1.85 bits per heavy atom. The number of pyridine rings is 1. The minimum Gasteiger partial charge on any atom is -0.493 e. The van der Waals surface area contributed by atoms with Crippen LogP contribution < -0.4 is 19.7 Å². The lowest BCUT2D eigenvalue weighted by molar-refractivity contribution is -0.132. The van der Waals surface area contributed by atoms with E-state index in [4.69, 9.17) is 21.1 Å². The first-order valence-corrected chi connectivity index (χ1v) is 11.0. The molecule has 0 bridgehead atoms. The second kappa shape index (κ2) is 10.4. The van der Waals surface area contributed by atoms with Crippen LogP contribution in [0.3, 0.4) is 0 Å². The van der Waals surface area contributed by atoms with Crippen molar-refractivity contribution in [3.8, 4) is 11.5 Å². The maximum absolute atomic E-state index is 12.8. The highest BCUT2D eigenvalue weighted by atomic mass is 35.5. The second-order valence-corrected chi connectivity index (χ2v) is 8.09. The zero-order valence-corrected chi connectivity index (χ0v) is 18.9. The molecule has 1 atom stereocenters. The fourth-order valence-electron chi connectivity index (χ4n) is 3.69. The van der Waals surface area contributed by atoms with Gasteiger partial charge in [-0.1, -0.05) is 17.7 Å². The Hall–Kier alpha value is -3.58. The van der Waals surface area contributed by atoms with Crippen LogP contribution in [0.2, 0.25) is 5.02 Å². The lowest BCUT2D eigenvalue weighted by atomic mass is 10.1. The molecule has 8 heteroatoms. The quantitative estimate of drug-likeness (QED) is 0.509. The first-order valence-electron chi connectivity index (χ1n) is 10.6. The Labute approximate surface area is 197 Å². The molecular weight excluding hydrogens is 442 g/mol. The molecule has 1 N–H and O–H groups in total. The van der Waals surface area contributed by atoms with Crippen LogP contribution in [0, 0.1) is 5.92 Å². The van der Waals surface area contributed by atoms with Gasteiger partial charge in [-0.2, -0.15) is 0 Å². The SMILES string of the molecule is COc1cc(CNC(=O)C2CCN(c3ccc(Cl)cc3)C2=O)ccc1OCc1ccncc1. The van der Waals surface area contributed by atoms with Gasteiger partial charge in [-0.25, -0.2) is 0 Å². The average molecular weight is 466 g/mol. The average Bonchev–Trinajstić information content (AvgIpc) is 3.23. The maximum Gasteiger partial charge on any atom is 0.239 e. The van der Waals surface area contributed by atoms with Crippen LogP contribution in [0.4, 0.5) is 5.69 Å². The number of benzene rings is 2. The minimum absolute atomic E-state index is 0.202. The number of carbonyl (C=O) groups excluding carboxylic acids is 2. The number of nitrogens with zero attached hydrogens (tertiary/aromatic N) is 2. The number of halogens is 1. The monoisotopic (exact) mass is 465 g/mol. The molecule has 1 unspecified atom stereocenters. The molecule has 1 aliphatic rings. The van der Waals surface area contributed by atoms with E-state index in [0.29, 0.717) is 36.1 Å². The van der Waals surface area contributed by atoms with Crippen molar-refractivity contribution in [2.24, 2.45) is 5.92 Å². The van der Waals surface area contributed by atoms with E-state index in [1.54, 1.807) is 48.7 Å². The van der Waals surface area contributed by atoms with Crippen LogP contribution in [0.25, 0.3) is 0 Å². The lowest BCUT2D eigenvalue weighted by Crippen LogP contribution is -2.36. The van der Waals surface area contributed by atoms with E-state index in [-0.39, 0.29) is 18.4 Å². The molecule has 1 fully saturated rings. The number of hydrogen-bond donors (Lipinski definition) is 1. The van der Waals surface area contributed by atoms with Crippen LogP contribution in [0.15, 0.2) is 67.0 Å². The van der Waals surface area contributed by atoms with Crippen molar-refractivity contribution >= 4 is 29.1 Å². The van der Waals surface area contributed by atoms with Gasteiger partial charge in [-0.15, -0.1) is 0 Å². The first kappa shape index (κ1) is 22.6. The fourth-order valence-corrected chi connectivity index (χ4v) is 3.82. The largest absolute Gasteiger partial charge is 0.493 e. The van der Waals surface area contributed by atoms with E-state index < -0.39 is 5.92 Å². The van der Waals surface area contributed by atoms with Crippen LogP contribution in [-0.2, 0) is 22.7 Å². The summed E-state index contributed by atoms with van der Waals surface area (Å²) in [6, 6.07) is 16.3. The van der Waals surface area contributed by atoms with Gasteiger partial charge in [-0.3, -0.25) is 14.6 Å². The molecule has 0 saturated carbocycles. The van der Waals surface area contributed by atoms with Crippen LogP contribution in [0.1, 0.15) is 17.5 Å². The van der Waals surface area contributed by atoms with E-state index in [9.17, 15) is 9.59 Å². The molecule has 0 spiro atoms. The summed E-state index contributed by atoms with van der Waals surface area (Å²) in [7, 11) is 1.57. The molecule has 1 saturated heterocycles. The highest BCUT2D eigenvalue weighted by Crippen LogP contribution is 2.29. The summed E-state index contributed by atoms with van der Waals surface area (Å²) in [5, 5.41) is 3.47. The lowest BCUT2D eigenvalue weighted by Gasteiger charge is -2.17. The third-order valence-electron chi connectivity index (χ3n) is 5.50. The van der Waals surface area contributed by atoms with Gasteiger partial charge in [-0.05, 0) is 66.1 Å². The predicted molar refractivity (Wildman–Crippen MR) is 125 cm³/mol. The number of methoxy groups -OCH3 is 1. The molecule has 0 aliphatic carbocycles. The van der Waals surface area contributed by atoms with E-state index in [1.807, 2.05) is 30.3 Å². The molecule has 7 nitrogen and oxygen atoms in total. The summed E-state index contributed by atoms with van der Waals surface area (Å²) in [5.74, 6) is -0.0122. The smallest absolute Gasteiger partial charge is 0.239 e. The molecule has 2 amide bonds. The van der Waals surface area contributed by atoms with Gasteiger partial charge in [0.1, 0.15) is 12.5 Å². The van der Waals surface area contributed by atoms with Gasteiger partial charge in [0.25, 0.3) is 0 Å². The molecule has 1 aromatic heterocycles. The van der Waals surface area contributed by atoms with Gasteiger partial charge < -0.3 is 19.7 Å². The number of hydrogen-bond acceptors (Lipinski definition) is 5. The Morgan fingerprint density at radius 3 is 2.58 bits per heavy atom. The normalized spacial score (nSPS) is 15.4. The highest BCUT2D eigenvalue weighted by molar-refractivity contribution is 6.30. The number of ether oxygens (including phenoxy) is 2. The summed E-state index contributed by atoms with van der Waals surface area (Å²) in [4.78, 5) is 31.1. The van der Waals surface area contributed by atoms with Crippen molar-refractivity contribution in [1.82, 2.24) is 10.3 Å². The molecule has 3 aromatic rings. The van der Waals surface area contributed by atoms with Crippen molar-refractivity contribution in [3.63, 3.8) is 0 Å². The molecule has 2 heterocycles. The number of anilines is 1. The van der Waals surface area contributed by atoms with Crippen molar-refractivity contribution in [2.45, 2.75) is 19.6 Å². The maximum atomic E-state index is 12.8. The van der Waals surface area contributed by atoms with Crippen molar-refractivity contribution in [3.05, 3.63) is 83.1 Å². The van der Waals surface area contributed by atoms with Crippen LogP contribution in [0.5, 0.6) is 11.5 Å². The van der Waals surface area contributed by atoms with E-state index >= 15 is 0 Å². The Balaban J connectivity index is 1.34. The summed E-state index contributed by atoms with van der Waals surface area (Å²) < 4.78 is 11.3. The number of nitrogens with one attached hydrogen (secondary N) is 1. The number of aromatic nitrogens is 1.